The topological polar surface area (TPSA) is 29.0 Å². The molecule has 1 aliphatic heterocycles. The summed E-state index contributed by atoms with van der Waals surface area (Å²) in [6.07, 6.45) is 8.18. The fourth-order valence-corrected chi connectivity index (χ4v) is 5.46. The summed E-state index contributed by atoms with van der Waals surface area (Å²) in [5, 5.41) is 2.05. The maximum absolute atomic E-state index is 4.81. The van der Waals surface area contributed by atoms with Crippen LogP contribution in [0.15, 0.2) is 0 Å². The third-order valence-corrected chi connectivity index (χ3v) is 6.52. The minimum Gasteiger partial charge on any atom is -0.342 e. The Labute approximate surface area is 117 Å². The zero-order chi connectivity index (χ0) is 11.9. The predicted molar refractivity (Wildman–Crippen MR) is 77.7 cm³/mol. The summed E-state index contributed by atoms with van der Waals surface area (Å²) in [6, 6.07) is 0.734. The lowest BCUT2D eigenvalue weighted by molar-refractivity contribution is 0.422. The summed E-state index contributed by atoms with van der Waals surface area (Å²) in [5.74, 6) is 3.08. The van der Waals surface area contributed by atoms with Crippen molar-refractivity contribution in [3.8, 4) is 0 Å². The van der Waals surface area contributed by atoms with E-state index in [1.54, 1.807) is 11.5 Å². The van der Waals surface area contributed by atoms with Crippen LogP contribution in [0.25, 0.3) is 0 Å². The van der Waals surface area contributed by atoms with E-state index in [0.29, 0.717) is 5.92 Å². The largest absolute Gasteiger partial charge is 0.342 e. The molecule has 98 valence electrons. The van der Waals surface area contributed by atoms with Gasteiger partial charge < -0.3 is 4.90 Å². The van der Waals surface area contributed by atoms with E-state index in [-0.39, 0.29) is 0 Å². The first-order valence-electron chi connectivity index (χ1n) is 7.13. The first kappa shape index (κ1) is 11.5. The van der Waals surface area contributed by atoms with Crippen LogP contribution < -0.4 is 4.90 Å². The Morgan fingerprint density at radius 3 is 2.89 bits per heavy atom. The number of aromatic nitrogens is 2. The molecule has 2 heterocycles. The zero-order valence-corrected chi connectivity index (χ0v) is 12.2. The van der Waals surface area contributed by atoms with Gasteiger partial charge in [0, 0.05) is 41.0 Å². The van der Waals surface area contributed by atoms with Crippen LogP contribution >= 0.6 is 23.3 Å². The highest BCUT2D eigenvalue weighted by atomic mass is 32.2. The summed E-state index contributed by atoms with van der Waals surface area (Å²) in [7, 11) is 0. The molecule has 3 fully saturated rings. The van der Waals surface area contributed by atoms with E-state index in [1.165, 1.54) is 56.0 Å². The molecule has 0 bridgehead atoms. The molecule has 2 atom stereocenters. The van der Waals surface area contributed by atoms with Gasteiger partial charge in [0.25, 0.3) is 0 Å². The van der Waals surface area contributed by atoms with Crippen molar-refractivity contribution in [2.75, 3.05) is 17.2 Å². The Morgan fingerprint density at radius 2 is 2.00 bits per heavy atom. The maximum atomic E-state index is 4.81. The van der Waals surface area contributed by atoms with Crippen molar-refractivity contribution in [1.29, 1.82) is 0 Å². The van der Waals surface area contributed by atoms with Crippen LogP contribution in [0.2, 0.25) is 0 Å². The standard InChI is InChI=1S/C13H19N3S2/c1-2-4-11-10(3-1)16(7-8-17-11)13-14-12(15-18-13)9-5-6-9/h9-11H,1-8H2. The van der Waals surface area contributed by atoms with Crippen molar-refractivity contribution in [2.24, 2.45) is 0 Å². The fourth-order valence-electron chi connectivity index (χ4n) is 3.18. The molecule has 0 N–H and O–H groups in total. The maximum Gasteiger partial charge on any atom is 0.205 e. The molecule has 1 aromatic heterocycles. The van der Waals surface area contributed by atoms with Crippen LogP contribution in [0.3, 0.4) is 0 Å². The lowest BCUT2D eigenvalue weighted by Gasteiger charge is -2.43. The van der Waals surface area contributed by atoms with Crippen molar-refractivity contribution in [3.63, 3.8) is 0 Å². The molecule has 1 aromatic rings. The van der Waals surface area contributed by atoms with Gasteiger partial charge in [0.15, 0.2) is 0 Å². The number of hydrogen-bond acceptors (Lipinski definition) is 5. The Hall–Kier alpha value is -0.290. The average molecular weight is 281 g/mol. The van der Waals surface area contributed by atoms with E-state index in [2.05, 4.69) is 21.0 Å². The number of rotatable bonds is 2. The molecule has 18 heavy (non-hydrogen) atoms. The van der Waals surface area contributed by atoms with E-state index in [1.807, 2.05) is 0 Å². The van der Waals surface area contributed by atoms with Crippen molar-refractivity contribution in [2.45, 2.75) is 55.7 Å². The molecule has 4 rings (SSSR count). The Balaban J connectivity index is 1.57. The molecule has 2 unspecified atom stereocenters. The van der Waals surface area contributed by atoms with Crippen LogP contribution in [0, 0.1) is 0 Å². The van der Waals surface area contributed by atoms with Crippen LogP contribution in [-0.4, -0.2) is 32.9 Å². The minimum absolute atomic E-state index is 0.691. The molecule has 1 saturated heterocycles. The quantitative estimate of drug-likeness (QED) is 0.832. The number of hydrogen-bond donors (Lipinski definition) is 0. The fraction of sp³-hybridized carbons (Fsp3) is 0.846. The van der Waals surface area contributed by atoms with Crippen molar-refractivity contribution >= 4 is 28.4 Å². The molecule has 3 aliphatic rings. The molecule has 5 heteroatoms. The van der Waals surface area contributed by atoms with Gasteiger partial charge in [-0.15, -0.1) is 0 Å². The molecule has 0 amide bonds. The number of fused-ring (bicyclic) bond motifs is 1. The number of nitrogens with zero attached hydrogens (tertiary/aromatic N) is 3. The second-order valence-electron chi connectivity index (χ2n) is 5.66. The highest BCUT2D eigenvalue weighted by Gasteiger charge is 2.36. The van der Waals surface area contributed by atoms with Crippen LogP contribution in [-0.2, 0) is 0 Å². The smallest absolute Gasteiger partial charge is 0.205 e. The van der Waals surface area contributed by atoms with Crippen LogP contribution in [0.5, 0.6) is 0 Å². The summed E-state index contributed by atoms with van der Waals surface area (Å²) in [4.78, 5) is 7.38. The van der Waals surface area contributed by atoms with Crippen LogP contribution in [0.4, 0.5) is 5.13 Å². The summed E-state index contributed by atoms with van der Waals surface area (Å²) in [6.45, 7) is 1.17. The third kappa shape index (κ3) is 2.05. The molecule has 0 spiro atoms. The van der Waals surface area contributed by atoms with Gasteiger partial charge in [-0.1, -0.05) is 12.8 Å². The second kappa shape index (κ2) is 4.67. The van der Waals surface area contributed by atoms with Gasteiger partial charge in [-0.3, -0.25) is 0 Å². The highest BCUT2D eigenvalue weighted by molar-refractivity contribution is 8.00. The normalized spacial score (nSPS) is 32.3. The average Bonchev–Trinajstić information content (AvgIpc) is 3.16. The number of thioether (sulfide) groups is 1. The summed E-state index contributed by atoms with van der Waals surface area (Å²) < 4.78 is 4.57. The van der Waals surface area contributed by atoms with E-state index >= 15 is 0 Å². The molecule has 0 radical (unpaired) electrons. The Bertz CT molecular complexity index is 428. The summed E-state index contributed by atoms with van der Waals surface area (Å²) in [5.41, 5.74) is 0. The summed E-state index contributed by atoms with van der Waals surface area (Å²) >= 11 is 3.82. The SMILES string of the molecule is C1CCC2C(C1)SCCN2c1nc(C2CC2)ns1. The van der Waals surface area contributed by atoms with Gasteiger partial charge in [-0.05, 0) is 25.7 Å². The van der Waals surface area contributed by atoms with E-state index in [0.717, 1.165) is 17.1 Å². The predicted octanol–water partition coefficient (Wildman–Crippen LogP) is 3.28. The van der Waals surface area contributed by atoms with Crippen molar-refractivity contribution in [1.82, 2.24) is 9.36 Å². The molecular formula is C13H19N3S2. The third-order valence-electron chi connectivity index (χ3n) is 4.35. The van der Waals surface area contributed by atoms with Gasteiger partial charge in [0.05, 0.1) is 0 Å². The molecule has 3 nitrogen and oxygen atoms in total. The molecule has 2 saturated carbocycles. The molecular weight excluding hydrogens is 262 g/mol. The van der Waals surface area contributed by atoms with Gasteiger partial charge in [0.1, 0.15) is 5.82 Å². The van der Waals surface area contributed by atoms with E-state index in [9.17, 15) is 0 Å². The van der Waals surface area contributed by atoms with Gasteiger partial charge in [0.2, 0.25) is 5.13 Å². The zero-order valence-electron chi connectivity index (χ0n) is 10.5. The highest BCUT2D eigenvalue weighted by Crippen LogP contribution is 2.42. The van der Waals surface area contributed by atoms with Gasteiger partial charge in [-0.2, -0.15) is 16.1 Å². The first-order valence-corrected chi connectivity index (χ1v) is 8.96. The van der Waals surface area contributed by atoms with Gasteiger partial charge in [-0.25, -0.2) is 4.98 Å². The van der Waals surface area contributed by atoms with E-state index < -0.39 is 0 Å². The van der Waals surface area contributed by atoms with Crippen molar-refractivity contribution in [3.05, 3.63) is 5.82 Å². The first-order chi connectivity index (χ1) is 8.92. The van der Waals surface area contributed by atoms with E-state index in [4.69, 9.17) is 4.98 Å². The lowest BCUT2D eigenvalue weighted by Crippen LogP contribution is -2.49. The van der Waals surface area contributed by atoms with Crippen LogP contribution in [0.1, 0.15) is 50.3 Å². The Kier molecular flexibility index (Phi) is 2.99. The molecule has 2 aliphatic carbocycles. The van der Waals surface area contributed by atoms with Gasteiger partial charge >= 0.3 is 0 Å². The second-order valence-corrected chi connectivity index (χ2v) is 7.74. The lowest BCUT2D eigenvalue weighted by atomic mass is 9.93. The van der Waals surface area contributed by atoms with Crippen molar-refractivity contribution < 1.29 is 0 Å². The Morgan fingerprint density at radius 1 is 1.11 bits per heavy atom. The monoisotopic (exact) mass is 281 g/mol. The minimum atomic E-state index is 0.691. The number of anilines is 1. The molecule has 0 aromatic carbocycles.